The smallest absolute Gasteiger partial charge is 0.257 e. The lowest BCUT2D eigenvalue weighted by atomic mass is 10.0. The van der Waals surface area contributed by atoms with Crippen molar-refractivity contribution in [2.75, 3.05) is 20.2 Å². The lowest BCUT2D eigenvalue weighted by Gasteiger charge is -2.32. The van der Waals surface area contributed by atoms with Gasteiger partial charge in [-0.25, -0.2) is 0 Å². The fourth-order valence-corrected chi connectivity index (χ4v) is 3.61. The third-order valence-electron chi connectivity index (χ3n) is 5.31. The molecule has 1 N–H and O–H groups in total. The van der Waals surface area contributed by atoms with Crippen LogP contribution >= 0.6 is 0 Å². The third kappa shape index (κ3) is 4.49. The van der Waals surface area contributed by atoms with Crippen molar-refractivity contribution in [2.24, 2.45) is 0 Å². The highest BCUT2D eigenvalue weighted by molar-refractivity contribution is 5.99. The summed E-state index contributed by atoms with van der Waals surface area (Å²) in [4.78, 5) is 15.0. The van der Waals surface area contributed by atoms with Gasteiger partial charge < -0.3 is 14.4 Å². The predicted octanol–water partition coefficient (Wildman–Crippen LogP) is 3.91. The van der Waals surface area contributed by atoms with Gasteiger partial charge in [0.05, 0.1) is 37.3 Å². The van der Waals surface area contributed by atoms with Crippen molar-refractivity contribution in [3.8, 4) is 17.0 Å². The summed E-state index contributed by atoms with van der Waals surface area (Å²) in [5.41, 5.74) is 3.42. The second-order valence-corrected chi connectivity index (χ2v) is 7.18. The van der Waals surface area contributed by atoms with Crippen LogP contribution in [0.4, 0.5) is 0 Å². The minimum Gasteiger partial charge on any atom is -0.497 e. The van der Waals surface area contributed by atoms with Crippen molar-refractivity contribution in [2.45, 2.75) is 25.6 Å². The molecule has 1 aliphatic rings. The number of H-pyrrole nitrogens is 1. The van der Waals surface area contributed by atoms with Gasteiger partial charge in [0.25, 0.3) is 5.91 Å². The number of nitrogens with zero attached hydrogens (tertiary/aromatic N) is 2. The second-order valence-electron chi connectivity index (χ2n) is 7.18. The zero-order valence-electron chi connectivity index (χ0n) is 16.5. The van der Waals surface area contributed by atoms with Crippen molar-refractivity contribution in [3.63, 3.8) is 0 Å². The van der Waals surface area contributed by atoms with E-state index in [0.717, 1.165) is 29.8 Å². The zero-order chi connectivity index (χ0) is 20.1. The van der Waals surface area contributed by atoms with Gasteiger partial charge in [-0.2, -0.15) is 5.10 Å². The Hall–Kier alpha value is -3.12. The molecule has 1 amide bonds. The summed E-state index contributed by atoms with van der Waals surface area (Å²) >= 11 is 0. The second kappa shape index (κ2) is 8.92. The van der Waals surface area contributed by atoms with E-state index in [2.05, 4.69) is 22.3 Å². The topological polar surface area (TPSA) is 67.5 Å². The summed E-state index contributed by atoms with van der Waals surface area (Å²) in [6, 6.07) is 17.8. The molecule has 2 aromatic carbocycles. The Kier molecular flexibility index (Phi) is 5.91. The normalized spacial score (nSPS) is 14.7. The first-order valence-electron chi connectivity index (χ1n) is 9.87. The minimum atomic E-state index is 0.00563. The molecule has 1 saturated heterocycles. The molecule has 0 unspecified atom stereocenters. The number of carbonyl (C=O) groups is 1. The summed E-state index contributed by atoms with van der Waals surface area (Å²) in [6.07, 6.45) is 3.48. The Balaban J connectivity index is 1.36. The van der Waals surface area contributed by atoms with Crippen LogP contribution in [0.1, 0.15) is 28.8 Å². The molecule has 3 aromatic rings. The number of methoxy groups -OCH3 is 1. The number of nitrogens with one attached hydrogen (secondary N) is 1. The van der Waals surface area contributed by atoms with Gasteiger partial charge in [-0.3, -0.25) is 9.89 Å². The SMILES string of the molecule is COc1ccc(-c2[nH]ncc2C(=O)N2CCC(OCc3ccccc3)CC2)cc1. The standard InChI is InChI=1S/C23H25N3O3/c1-28-19-9-7-18(8-10-19)22-21(15-24-25-22)23(27)26-13-11-20(12-14-26)29-16-17-5-3-2-4-6-17/h2-10,15,20H,11-14,16H2,1H3,(H,24,25). The molecule has 2 heterocycles. The number of piperidine rings is 1. The molecule has 1 fully saturated rings. The van der Waals surface area contributed by atoms with Crippen LogP contribution in [0.2, 0.25) is 0 Å². The predicted molar refractivity (Wildman–Crippen MR) is 111 cm³/mol. The molecule has 0 saturated carbocycles. The van der Waals surface area contributed by atoms with Gasteiger partial charge in [0.15, 0.2) is 0 Å². The van der Waals surface area contributed by atoms with Crippen LogP contribution in [0, 0.1) is 0 Å². The van der Waals surface area contributed by atoms with E-state index in [1.807, 2.05) is 47.4 Å². The molecule has 1 aliphatic heterocycles. The highest BCUT2D eigenvalue weighted by atomic mass is 16.5. The summed E-state index contributed by atoms with van der Waals surface area (Å²) in [5, 5.41) is 7.07. The van der Waals surface area contributed by atoms with Crippen molar-refractivity contribution in [1.29, 1.82) is 0 Å². The Morgan fingerprint density at radius 1 is 1.10 bits per heavy atom. The first-order chi connectivity index (χ1) is 14.2. The van der Waals surface area contributed by atoms with Gasteiger partial charge in [-0.05, 0) is 42.7 Å². The minimum absolute atomic E-state index is 0.00563. The van der Waals surface area contributed by atoms with Gasteiger partial charge in [0.1, 0.15) is 5.75 Å². The van der Waals surface area contributed by atoms with Gasteiger partial charge in [-0.15, -0.1) is 0 Å². The van der Waals surface area contributed by atoms with E-state index in [4.69, 9.17) is 9.47 Å². The van der Waals surface area contributed by atoms with E-state index < -0.39 is 0 Å². The van der Waals surface area contributed by atoms with Crippen molar-refractivity contribution in [3.05, 3.63) is 71.9 Å². The Morgan fingerprint density at radius 3 is 2.52 bits per heavy atom. The quantitative estimate of drug-likeness (QED) is 0.692. The number of likely N-dealkylation sites (tertiary alicyclic amines) is 1. The summed E-state index contributed by atoms with van der Waals surface area (Å²) in [7, 11) is 1.63. The maximum atomic E-state index is 13.1. The van der Waals surface area contributed by atoms with Crippen LogP contribution in [0.25, 0.3) is 11.3 Å². The monoisotopic (exact) mass is 391 g/mol. The van der Waals surface area contributed by atoms with Crippen LogP contribution in [0.3, 0.4) is 0 Å². The van der Waals surface area contributed by atoms with Crippen LogP contribution in [-0.2, 0) is 11.3 Å². The number of ether oxygens (including phenoxy) is 2. The van der Waals surface area contributed by atoms with Gasteiger partial charge in [-0.1, -0.05) is 30.3 Å². The largest absolute Gasteiger partial charge is 0.497 e. The van der Waals surface area contributed by atoms with E-state index in [0.29, 0.717) is 25.3 Å². The molecule has 0 aliphatic carbocycles. The van der Waals surface area contributed by atoms with E-state index in [1.165, 1.54) is 5.56 Å². The molecule has 0 atom stereocenters. The highest BCUT2D eigenvalue weighted by Crippen LogP contribution is 2.26. The Morgan fingerprint density at radius 2 is 1.83 bits per heavy atom. The fourth-order valence-electron chi connectivity index (χ4n) is 3.61. The van der Waals surface area contributed by atoms with Crippen LogP contribution in [0.5, 0.6) is 5.75 Å². The summed E-state index contributed by atoms with van der Waals surface area (Å²) in [6.45, 7) is 1.99. The number of rotatable bonds is 6. The first-order valence-corrected chi connectivity index (χ1v) is 9.87. The maximum absolute atomic E-state index is 13.1. The van der Waals surface area contributed by atoms with Crippen LogP contribution in [0.15, 0.2) is 60.8 Å². The third-order valence-corrected chi connectivity index (χ3v) is 5.31. The first kappa shape index (κ1) is 19.2. The van der Waals surface area contributed by atoms with E-state index in [-0.39, 0.29) is 12.0 Å². The van der Waals surface area contributed by atoms with E-state index in [1.54, 1.807) is 13.3 Å². The maximum Gasteiger partial charge on any atom is 0.257 e. The number of carbonyl (C=O) groups excluding carboxylic acids is 1. The molecule has 29 heavy (non-hydrogen) atoms. The Labute approximate surface area is 170 Å². The van der Waals surface area contributed by atoms with E-state index >= 15 is 0 Å². The average Bonchev–Trinajstić information content (AvgIpc) is 3.28. The van der Waals surface area contributed by atoms with Gasteiger partial charge in [0.2, 0.25) is 0 Å². The molecule has 0 bridgehead atoms. The number of aromatic amines is 1. The number of hydrogen-bond donors (Lipinski definition) is 1. The number of amides is 1. The molecule has 0 radical (unpaired) electrons. The lowest BCUT2D eigenvalue weighted by molar-refractivity contribution is -0.000359. The zero-order valence-corrected chi connectivity index (χ0v) is 16.5. The fraction of sp³-hybridized carbons (Fsp3) is 0.304. The van der Waals surface area contributed by atoms with Crippen LogP contribution in [-0.4, -0.2) is 47.3 Å². The molecular weight excluding hydrogens is 366 g/mol. The van der Waals surface area contributed by atoms with Crippen molar-refractivity contribution >= 4 is 5.91 Å². The van der Waals surface area contributed by atoms with Crippen molar-refractivity contribution in [1.82, 2.24) is 15.1 Å². The molecule has 1 aromatic heterocycles. The van der Waals surface area contributed by atoms with Crippen LogP contribution < -0.4 is 4.74 Å². The van der Waals surface area contributed by atoms with Gasteiger partial charge in [0, 0.05) is 18.7 Å². The molecular formula is C23H25N3O3. The van der Waals surface area contributed by atoms with E-state index in [9.17, 15) is 4.79 Å². The van der Waals surface area contributed by atoms with Gasteiger partial charge >= 0.3 is 0 Å². The average molecular weight is 391 g/mol. The number of hydrogen-bond acceptors (Lipinski definition) is 4. The molecule has 150 valence electrons. The number of aromatic nitrogens is 2. The molecule has 0 spiro atoms. The molecule has 4 rings (SSSR count). The molecule has 6 nitrogen and oxygen atoms in total. The summed E-state index contributed by atoms with van der Waals surface area (Å²) in [5.74, 6) is 0.782. The Bertz CT molecular complexity index is 930. The number of benzene rings is 2. The lowest BCUT2D eigenvalue weighted by Crippen LogP contribution is -2.40. The highest BCUT2D eigenvalue weighted by Gasteiger charge is 2.26. The van der Waals surface area contributed by atoms with Crippen molar-refractivity contribution < 1.29 is 14.3 Å². The molecule has 6 heteroatoms. The summed E-state index contributed by atoms with van der Waals surface area (Å²) < 4.78 is 11.2.